The van der Waals surface area contributed by atoms with Crippen LogP contribution >= 0.6 is 0 Å². The number of piperidine rings is 1. The van der Waals surface area contributed by atoms with Gasteiger partial charge in [-0.3, -0.25) is 4.79 Å². The molecule has 1 unspecified atom stereocenters. The predicted octanol–water partition coefficient (Wildman–Crippen LogP) is -0.537. The summed E-state index contributed by atoms with van der Waals surface area (Å²) in [6, 6.07) is -0.491. The van der Waals surface area contributed by atoms with E-state index in [2.05, 4.69) is 23.9 Å². The van der Waals surface area contributed by atoms with Gasteiger partial charge < -0.3 is 21.3 Å². The van der Waals surface area contributed by atoms with Gasteiger partial charge in [0.15, 0.2) is 0 Å². The second-order valence-electron chi connectivity index (χ2n) is 5.34. The highest BCUT2D eigenvalue weighted by Crippen LogP contribution is 2.17. The fourth-order valence-electron chi connectivity index (χ4n) is 2.37. The minimum atomic E-state index is -0.491. The first-order chi connectivity index (χ1) is 7.99. The lowest BCUT2D eigenvalue weighted by Crippen LogP contribution is -2.42. The van der Waals surface area contributed by atoms with Gasteiger partial charge in [0.1, 0.15) is 0 Å². The first-order valence-electron chi connectivity index (χ1n) is 6.41. The third-order valence-electron chi connectivity index (χ3n) is 3.45. The quantitative estimate of drug-likeness (QED) is 0.656. The van der Waals surface area contributed by atoms with Crippen molar-refractivity contribution < 1.29 is 4.79 Å². The van der Waals surface area contributed by atoms with Gasteiger partial charge in [-0.05, 0) is 52.4 Å². The molecule has 0 spiro atoms. The normalized spacial score (nSPS) is 20.7. The summed E-state index contributed by atoms with van der Waals surface area (Å²) in [4.78, 5) is 15.5. The molecular weight excluding hydrogens is 216 g/mol. The van der Waals surface area contributed by atoms with Crippen molar-refractivity contribution in [3.05, 3.63) is 0 Å². The molecule has 5 heteroatoms. The molecule has 1 aliphatic heterocycles. The predicted molar refractivity (Wildman–Crippen MR) is 69.5 cm³/mol. The molecule has 100 valence electrons. The maximum absolute atomic E-state index is 10.8. The van der Waals surface area contributed by atoms with E-state index in [-0.39, 0.29) is 0 Å². The molecular formula is C12H26N4O. The zero-order valence-corrected chi connectivity index (χ0v) is 11.1. The maximum atomic E-state index is 10.8. The topological polar surface area (TPSA) is 75.6 Å². The highest BCUT2D eigenvalue weighted by Gasteiger charge is 2.20. The Balaban J connectivity index is 2.17. The van der Waals surface area contributed by atoms with Crippen LogP contribution < -0.4 is 11.5 Å². The molecule has 1 saturated heterocycles. The maximum Gasteiger partial charge on any atom is 0.234 e. The lowest BCUT2D eigenvalue weighted by Gasteiger charge is -2.33. The molecule has 0 aromatic rings. The van der Waals surface area contributed by atoms with Crippen LogP contribution in [0.4, 0.5) is 0 Å². The fraction of sp³-hybridized carbons (Fsp3) is 0.917. The van der Waals surface area contributed by atoms with Crippen molar-refractivity contribution >= 4 is 5.91 Å². The summed E-state index contributed by atoms with van der Waals surface area (Å²) in [7, 11) is 4.25. The van der Waals surface area contributed by atoms with Gasteiger partial charge >= 0.3 is 0 Å². The minimum Gasteiger partial charge on any atom is -0.368 e. The van der Waals surface area contributed by atoms with Gasteiger partial charge in [-0.15, -0.1) is 0 Å². The molecule has 1 atom stereocenters. The molecule has 1 aliphatic rings. The number of hydrogen-bond acceptors (Lipinski definition) is 4. The standard InChI is InChI=1S/C12H26N4O/c1-15(2)9-10-3-6-16(7-4-10)8-5-11(13)12(14)17/h10-11H,3-9,13H2,1-2H3,(H2,14,17). The molecule has 1 fully saturated rings. The molecule has 5 nitrogen and oxygen atoms in total. The van der Waals surface area contributed by atoms with Gasteiger partial charge in [0, 0.05) is 13.1 Å². The van der Waals surface area contributed by atoms with Gasteiger partial charge in [0.25, 0.3) is 0 Å². The number of carbonyl (C=O) groups is 1. The lowest BCUT2D eigenvalue weighted by atomic mass is 9.96. The van der Waals surface area contributed by atoms with Crippen LogP contribution in [0.25, 0.3) is 0 Å². The first kappa shape index (κ1) is 14.4. The van der Waals surface area contributed by atoms with Crippen LogP contribution in [0, 0.1) is 5.92 Å². The average molecular weight is 242 g/mol. The minimum absolute atomic E-state index is 0.396. The molecule has 17 heavy (non-hydrogen) atoms. The molecule has 1 rings (SSSR count). The van der Waals surface area contributed by atoms with E-state index in [4.69, 9.17) is 11.5 Å². The Hall–Kier alpha value is -0.650. The number of nitrogens with two attached hydrogens (primary N) is 2. The van der Waals surface area contributed by atoms with Crippen LogP contribution in [0.2, 0.25) is 0 Å². The lowest BCUT2D eigenvalue weighted by molar-refractivity contribution is -0.119. The highest BCUT2D eigenvalue weighted by atomic mass is 16.1. The summed E-state index contributed by atoms with van der Waals surface area (Å²) in [5.74, 6) is 0.415. The number of carbonyl (C=O) groups excluding carboxylic acids is 1. The van der Waals surface area contributed by atoms with E-state index in [0.29, 0.717) is 6.42 Å². The molecule has 0 saturated carbocycles. The average Bonchev–Trinajstić information content (AvgIpc) is 2.26. The molecule has 4 N–H and O–H groups in total. The summed E-state index contributed by atoms with van der Waals surface area (Å²) in [6.07, 6.45) is 3.15. The number of rotatable bonds is 6. The number of amides is 1. The van der Waals surface area contributed by atoms with Crippen molar-refractivity contribution in [2.24, 2.45) is 17.4 Å². The smallest absolute Gasteiger partial charge is 0.234 e. The first-order valence-corrected chi connectivity index (χ1v) is 6.41. The van der Waals surface area contributed by atoms with E-state index in [0.717, 1.165) is 25.6 Å². The molecule has 0 bridgehead atoms. The Morgan fingerprint density at radius 2 is 2.00 bits per heavy atom. The van der Waals surface area contributed by atoms with Crippen LogP contribution in [0.5, 0.6) is 0 Å². The molecule has 1 heterocycles. The third kappa shape index (κ3) is 5.48. The van der Waals surface area contributed by atoms with Gasteiger partial charge in [-0.25, -0.2) is 0 Å². The van der Waals surface area contributed by atoms with Gasteiger partial charge in [-0.2, -0.15) is 0 Å². The summed E-state index contributed by atoms with van der Waals surface area (Å²) in [6.45, 7) is 4.29. The molecule has 0 radical (unpaired) electrons. The fourth-order valence-corrected chi connectivity index (χ4v) is 2.37. The van der Waals surface area contributed by atoms with Crippen LogP contribution in [0.1, 0.15) is 19.3 Å². The van der Waals surface area contributed by atoms with Crippen molar-refractivity contribution in [3.8, 4) is 0 Å². The number of hydrogen-bond donors (Lipinski definition) is 2. The Labute approximate surface area is 104 Å². The van der Waals surface area contributed by atoms with Crippen molar-refractivity contribution in [2.45, 2.75) is 25.3 Å². The van der Waals surface area contributed by atoms with Gasteiger partial charge in [0.2, 0.25) is 5.91 Å². The Morgan fingerprint density at radius 1 is 1.41 bits per heavy atom. The van der Waals surface area contributed by atoms with Crippen LogP contribution in [0.15, 0.2) is 0 Å². The second-order valence-corrected chi connectivity index (χ2v) is 5.34. The van der Waals surface area contributed by atoms with Crippen LogP contribution in [-0.4, -0.2) is 62.0 Å². The molecule has 1 amide bonds. The molecule has 0 aromatic carbocycles. The molecule has 0 aromatic heterocycles. The van der Waals surface area contributed by atoms with E-state index in [9.17, 15) is 4.79 Å². The summed E-state index contributed by atoms with van der Waals surface area (Å²) >= 11 is 0. The zero-order chi connectivity index (χ0) is 12.8. The van der Waals surface area contributed by atoms with Crippen molar-refractivity contribution in [2.75, 3.05) is 40.3 Å². The van der Waals surface area contributed by atoms with E-state index in [1.54, 1.807) is 0 Å². The zero-order valence-electron chi connectivity index (χ0n) is 11.1. The summed E-state index contributed by atoms with van der Waals surface area (Å²) in [5.41, 5.74) is 10.8. The van der Waals surface area contributed by atoms with Crippen molar-refractivity contribution in [3.63, 3.8) is 0 Å². The number of likely N-dealkylation sites (tertiary alicyclic amines) is 1. The van der Waals surface area contributed by atoms with E-state index >= 15 is 0 Å². The van der Waals surface area contributed by atoms with E-state index in [1.807, 2.05) is 0 Å². The van der Waals surface area contributed by atoms with Gasteiger partial charge in [-0.1, -0.05) is 0 Å². The molecule has 0 aliphatic carbocycles. The second kappa shape index (κ2) is 6.93. The summed E-state index contributed by atoms with van der Waals surface area (Å²) in [5, 5.41) is 0. The van der Waals surface area contributed by atoms with E-state index in [1.165, 1.54) is 19.4 Å². The Bertz CT molecular complexity index is 237. The highest BCUT2D eigenvalue weighted by molar-refractivity contribution is 5.79. The van der Waals surface area contributed by atoms with E-state index < -0.39 is 11.9 Å². The van der Waals surface area contributed by atoms with Crippen LogP contribution in [-0.2, 0) is 4.79 Å². The number of nitrogens with zero attached hydrogens (tertiary/aromatic N) is 2. The van der Waals surface area contributed by atoms with Crippen LogP contribution in [0.3, 0.4) is 0 Å². The van der Waals surface area contributed by atoms with Gasteiger partial charge in [0.05, 0.1) is 6.04 Å². The van der Waals surface area contributed by atoms with Crippen molar-refractivity contribution in [1.29, 1.82) is 0 Å². The third-order valence-corrected chi connectivity index (χ3v) is 3.45. The summed E-state index contributed by atoms with van der Waals surface area (Å²) < 4.78 is 0. The number of primary amides is 1. The van der Waals surface area contributed by atoms with Crippen molar-refractivity contribution in [1.82, 2.24) is 9.80 Å². The SMILES string of the molecule is CN(C)CC1CCN(CCC(N)C(N)=O)CC1. The Morgan fingerprint density at radius 3 is 2.47 bits per heavy atom. The monoisotopic (exact) mass is 242 g/mol. The Kier molecular flexibility index (Phi) is 5.88. The largest absolute Gasteiger partial charge is 0.368 e.